The molecule has 0 saturated carbocycles. The SMILES string of the molecule is O=C(CSc1nnc(-c2ccncc2)n1-c1ccccc1)N/N=C\c1cccc(OC(=O)c2sc3ccccc3c2Cl)c1. The number of nitrogens with zero attached hydrogens (tertiary/aromatic N) is 5. The van der Waals surface area contributed by atoms with E-state index in [9.17, 15) is 9.59 Å². The van der Waals surface area contributed by atoms with Gasteiger partial charge in [0, 0.05) is 33.7 Å². The number of esters is 1. The van der Waals surface area contributed by atoms with Crippen molar-refractivity contribution in [2.45, 2.75) is 5.16 Å². The predicted octanol–water partition coefficient (Wildman–Crippen LogP) is 6.66. The first kappa shape index (κ1) is 28.3. The highest BCUT2D eigenvalue weighted by Gasteiger charge is 2.19. The van der Waals surface area contributed by atoms with Crippen molar-refractivity contribution in [3.63, 3.8) is 0 Å². The van der Waals surface area contributed by atoms with Gasteiger partial charge in [0.25, 0.3) is 5.91 Å². The maximum Gasteiger partial charge on any atom is 0.355 e. The number of hydrazone groups is 1. The van der Waals surface area contributed by atoms with E-state index in [4.69, 9.17) is 16.3 Å². The Kier molecular flexibility index (Phi) is 8.55. The molecule has 3 heterocycles. The van der Waals surface area contributed by atoms with E-state index in [0.29, 0.717) is 32.2 Å². The van der Waals surface area contributed by atoms with E-state index in [2.05, 4.69) is 25.7 Å². The number of hydrogen-bond donors (Lipinski definition) is 1. The van der Waals surface area contributed by atoms with Gasteiger partial charge >= 0.3 is 5.97 Å². The summed E-state index contributed by atoms with van der Waals surface area (Å²) >= 11 is 8.94. The molecule has 43 heavy (non-hydrogen) atoms. The topological polar surface area (TPSA) is 111 Å². The molecule has 6 aromatic rings. The largest absolute Gasteiger partial charge is 0.422 e. The van der Waals surface area contributed by atoms with Gasteiger partial charge in [-0.15, -0.1) is 21.5 Å². The molecule has 0 spiro atoms. The first-order chi connectivity index (χ1) is 21.1. The van der Waals surface area contributed by atoms with Crippen molar-refractivity contribution >= 4 is 62.9 Å². The zero-order chi connectivity index (χ0) is 29.6. The van der Waals surface area contributed by atoms with Gasteiger partial charge < -0.3 is 4.74 Å². The minimum atomic E-state index is -0.541. The van der Waals surface area contributed by atoms with Crippen molar-refractivity contribution in [3.8, 4) is 22.8 Å². The van der Waals surface area contributed by atoms with Crippen molar-refractivity contribution in [1.82, 2.24) is 25.2 Å². The Morgan fingerprint density at radius 2 is 1.77 bits per heavy atom. The molecular weight excluding hydrogens is 604 g/mol. The normalized spacial score (nSPS) is 11.2. The lowest BCUT2D eigenvalue weighted by molar-refractivity contribution is -0.118. The van der Waals surface area contributed by atoms with Crippen LogP contribution in [-0.4, -0.2) is 43.6 Å². The molecule has 9 nitrogen and oxygen atoms in total. The Morgan fingerprint density at radius 1 is 0.977 bits per heavy atom. The number of para-hydroxylation sites is 1. The second-order valence-electron chi connectivity index (χ2n) is 9.00. The number of amides is 1. The number of thiophene rings is 1. The summed E-state index contributed by atoms with van der Waals surface area (Å²) in [5.74, 6) is 0.170. The number of thioether (sulfide) groups is 1. The second-order valence-corrected chi connectivity index (χ2v) is 11.4. The van der Waals surface area contributed by atoms with Gasteiger partial charge in [-0.25, -0.2) is 10.2 Å². The molecule has 12 heteroatoms. The first-order valence-corrected chi connectivity index (χ1v) is 15.1. The van der Waals surface area contributed by atoms with Gasteiger partial charge in [-0.1, -0.05) is 71.9 Å². The van der Waals surface area contributed by atoms with E-state index in [1.54, 1.807) is 36.7 Å². The average Bonchev–Trinajstić information content (AvgIpc) is 3.62. The summed E-state index contributed by atoms with van der Waals surface area (Å²) in [6, 6.07) is 27.7. The average molecular weight is 625 g/mol. The van der Waals surface area contributed by atoms with E-state index >= 15 is 0 Å². The van der Waals surface area contributed by atoms with Crippen LogP contribution in [0.5, 0.6) is 5.75 Å². The smallest absolute Gasteiger partial charge is 0.355 e. The van der Waals surface area contributed by atoms with Crippen molar-refractivity contribution in [2.24, 2.45) is 5.10 Å². The lowest BCUT2D eigenvalue weighted by Crippen LogP contribution is -2.20. The van der Waals surface area contributed by atoms with Crippen LogP contribution < -0.4 is 10.2 Å². The number of carbonyl (C=O) groups is 2. The predicted molar refractivity (Wildman–Crippen MR) is 169 cm³/mol. The highest BCUT2D eigenvalue weighted by atomic mass is 35.5. The van der Waals surface area contributed by atoms with E-state index in [1.807, 2.05) is 71.3 Å². The second kappa shape index (κ2) is 13.0. The number of fused-ring (bicyclic) bond motifs is 1. The van der Waals surface area contributed by atoms with Crippen LogP contribution in [0.15, 0.2) is 114 Å². The molecule has 0 bridgehead atoms. The zero-order valence-electron chi connectivity index (χ0n) is 22.3. The lowest BCUT2D eigenvalue weighted by atomic mass is 10.2. The minimum Gasteiger partial charge on any atom is -0.422 e. The van der Waals surface area contributed by atoms with Crippen LogP contribution in [-0.2, 0) is 4.79 Å². The van der Waals surface area contributed by atoms with Crippen molar-refractivity contribution < 1.29 is 14.3 Å². The molecule has 3 aromatic carbocycles. The van der Waals surface area contributed by atoms with Gasteiger partial charge in [0.1, 0.15) is 10.6 Å². The summed E-state index contributed by atoms with van der Waals surface area (Å²) in [6.45, 7) is 0. The van der Waals surface area contributed by atoms with Crippen molar-refractivity contribution in [2.75, 3.05) is 5.75 Å². The van der Waals surface area contributed by atoms with E-state index < -0.39 is 5.97 Å². The highest BCUT2D eigenvalue weighted by molar-refractivity contribution is 7.99. The molecule has 3 aromatic heterocycles. The molecule has 0 saturated heterocycles. The number of hydrogen-bond acceptors (Lipinski definition) is 9. The van der Waals surface area contributed by atoms with Crippen molar-refractivity contribution in [3.05, 3.63) is 119 Å². The summed E-state index contributed by atoms with van der Waals surface area (Å²) in [7, 11) is 0. The van der Waals surface area contributed by atoms with Crippen LogP contribution >= 0.6 is 34.7 Å². The Morgan fingerprint density at radius 3 is 2.58 bits per heavy atom. The summed E-state index contributed by atoms with van der Waals surface area (Å²) in [5.41, 5.74) is 4.88. The minimum absolute atomic E-state index is 0.0617. The molecule has 0 aliphatic rings. The number of halogens is 1. The van der Waals surface area contributed by atoms with E-state index in [-0.39, 0.29) is 11.7 Å². The van der Waals surface area contributed by atoms with Gasteiger partial charge in [-0.05, 0) is 48.0 Å². The molecular formula is C31H21ClN6O3S2. The molecule has 0 unspecified atom stereocenters. The van der Waals surface area contributed by atoms with Gasteiger partial charge in [-0.2, -0.15) is 5.10 Å². The standard InChI is InChI=1S/C31H21ClN6O3S2/c32-27-24-11-4-5-12-25(24)43-28(27)30(40)41-23-10-6-7-20(17-23)18-34-35-26(39)19-42-31-37-36-29(21-13-15-33-16-14-21)38(31)22-8-2-1-3-9-22/h1-18H,19H2,(H,35,39)/b34-18-. The monoisotopic (exact) mass is 624 g/mol. The highest BCUT2D eigenvalue weighted by Crippen LogP contribution is 2.36. The van der Waals surface area contributed by atoms with Crippen molar-refractivity contribution in [1.29, 1.82) is 0 Å². The van der Waals surface area contributed by atoms with Crippen LogP contribution in [0.3, 0.4) is 0 Å². The summed E-state index contributed by atoms with van der Waals surface area (Å²) in [4.78, 5) is 29.8. The Balaban J connectivity index is 1.09. The third kappa shape index (κ3) is 6.49. The van der Waals surface area contributed by atoms with Crippen LogP contribution in [0.2, 0.25) is 5.02 Å². The molecule has 0 radical (unpaired) electrons. The van der Waals surface area contributed by atoms with E-state index in [1.165, 1.54) is 29.3 Å². The molecule has 0 atom stereocenters. The van der Waals surface area contributed by atoms with Crippen LogP contribution in [0.4, 0.5) is 0 Å². The maximum atomic E-state index is 12.8. The molecule has 0 aliphatic heterocycles. The number of aromatic nitrogens is 4. The molecule has 212 valence electrons. The Bertz CT molecular complexity index is 1940. The third-order valence-corrected chi connectivity index (χ3v) is 8.69. The van der Waals surface area contributed by atoms with Gasteiger partial charge in [0.05, 0.1) is 17.0 Å². The fourth-order valence-electron chi connectivity index (χ4n) is 4.16. The van der Waals surface area contributed by atoms with Gasteiger partial charge in [0.15, 0.2) is 11.0 Å². The number of benzene rings is 3. The van der Waals surface area contributed by atoms with E-state index in [0.717, 1.165) is 21.3 Å². The van der Waals surface area contributed by atoms with Crippen LogP contribution in [0.25, 0.3) is 27.2 Å². The molecule has 1 amide bonds. The molecule has 0 aliphatic carbocycles. The van der Waals surface area contributed by atoms with Crippen LogP contribution in [0, 0.1) is 0 Å². The summed E-state index contributed by atoms with van der Waals surface area (Å²) in [5, 5.41) is 14.5. The fourth-order valence-corrected chi connectivity index (χ4v) is 6.29. The van der Waals surface area contributed by atoms with Gasteiger partial charge in [-0.3, -0.25) is 14.3 Å². The fraction of sp³-hybridized carbons (Fsp3) is 0.0323. The number of nitrogens with one attached hydrogen (secondary N) is 1. The Labute approximate surface area is 259 Å². The summed E-state index contributed by atoms with van der Waals surface area (Å²) < 4.78 is 8.37. The zero-order valence-corrected chi connectivity index (χ0v) is 24.6. The number of carbonyl (C=O) groups excluding carboxylic acids is 2. The number of ether oxygens (including phenoxy) is 1. The third-order valence-electron chi connectivity index (χ3n) is 6.11. The quantitative estimate of drug-likeness (QED) is 0.0629. The van der Waals surface area contributed by atoms with Gasteiger partial charge in [0.2, 0.25) is 0 Å². The first-order valence-electron chi connectivity index (χ1n) is 12.9. The number of pyridine rings is 1. The maximum absolute atomic E-state index is 12.8. The molecule has 0 fully saturated rings. The van der Waals surface area contributed by atoms with Crippen LogP contribution in [0.1, 0.15) is 15.2 Å². The molecule has 1 N–H and O–H groups in total. The summed E-state index contributed by atoms with van der Waals surface area (Å²) in [6.07, 6.45) is 4.86. The lowest BCUT2D eigenvalue weighted by Gasteiger charge is -2.10. The Hall–Kier alpha value is -4.84. The molecule has 6 rings (SSSR count). The number of rotatable bonds is 9.